The smallest absolute Gasteiger partial charge is 0.0410 e. The Labute approximate surface area is 119 Å². The minimum absolute atomic E-state index is 0.344. The number of benzene rings is 2. The lowest BCUT2D eigenvalue weighted by molar-refractivity contribution is 0.559. The van der Waals surface area contributed by atoms with E-state index in [0.717, 1.165) is 24.2 Å². The molecular formula is C18H19Cl. The molecule has 0 nitrogen and oxygen atoms in total. The molecule has 3 atom stereocenters. The van der Waals surface area contributed by atoms with Crippen molar-refractivity contribution in [3.8, 4) is 0 Å². The maximum absolute atomic E-state index is 6.67. The van der Waals surface area contributed by atoms with E-state index >= 15 is 0 Å². The van der Waals surface area contributed by atoms with Gasteiger partial charge in [0.15, 0.2) is 0 Å². The van der Waals surface area contributed by atoms with Crippen molar-refractivity contribution in [2.75, 3.05) is 0 Å². The van der Waals surface area contributed by atoms with Crippen LogP contribution in [0.2, 0.25) is 0 Å². The summed E-state index contributed by atoms with van der Waals surface area (Å²) in [6, 6.07) is 15.3. The van der Waals surface area contributed by atoms with E-state index in [9.17, 15) is 0 Å². The molecule has 1 heteroatoms. The van der Waals surface area contributed by atoms with Crippen LogP contribution in [0.25, 0.3) is 10.8 Å². The van der Waals surface area contributed by atoms with Gasteiger partial charge in [-0.15, -0.1) is 11.6 Å². The number of halogens is 1. The summed E-state index contributed by atoms with van der Waals surface area (Å²) in [4.78, 5) is 0. The molecule has 2 aliphatic rings. The highest BCUT2D eigenvalue weighted by atomic mass is 35.5. The van der Waals surface area contributed by atoms with E-state index in [1.54, 1.807) is 0 Å². The third-order valence-corrected chi connectivity index (χ3v) is 5.58. The van der Waals surface area contributed by atoms with Crippen LogP contribution in [0.1, 0.15) is 24.8 Å². The van der Waals surface area contributed by atoms with Crippen LogP contribution >= 0.6 is 11.6 Å². The highest BCUT2D eigenvalue weighted by molar-refractivity contribution is 6.21. The van der Waals surface area contributed by atoms with Gasteiger partial charge in [-0.25, -0.2) is 0 Å². The van der Waals surface area contributed by atoms with Crippen LogP contribution in [0.4, 0.5) is 0 Å². The summed E-state index contributed by atoms with van der Waals surface area (Å²) >= 11 is 6.67. The molecule has 0 N–H and O–H groups in total. The lowest BCUT2D eigenvalue weighted by atomic mass is 10.00. The first-order chi connectivity index (χ1) is 9.33. The summed E-state index contributed by atoms with van der Waals surface area (Å²) in [7, 11) is 0. The maximum atomic E-state index is 6.67. The van der Waals surface area contributed by atoms with Crippen LogP contribution in [0.15, 0.2) is 42.5 Å². The van der Waals surface area contributed by atoms with E-state index in [-0.39, 0.29) is 0 Å². The van der Waals surface area contributed by atoms with Gasteiger partial charge in [-0.2, -0.15) is 0 Å². The monoisotopic (exact) mass is 270 g/mol. The second-order valence-corrected chi connectivity index (χ2v) is 6.80. The van der Waals surface area contributed by atoms with Crippen molar-refractivity contribution in [1.82, 2.24) is 0 Å². The fourth-order valence-corrected chi connectivity index (χ4v) is 4.69. The zero-order chi connectivity index (χ0) is 12.8. The van der Waals surface area contributed by atoms with Crippen LogP contribution in [-0.2, 0) is 6.42 Å². The Morgan fingerprint density at radius 3 is 2.53 bits per heavy atom. The number of rotatable bonds is 3. The molecule has 2 aliphatic carbocycles. The van der Waals surface area contributed by atoms with Crippen molar-refractivity contribution in [2.24, 2.45) is 17.8 Å². The van der Waals surface area contributed by atoms with Gasteiger partial charge in [-0.1, -0.05) is 48.9 Å². The molecule has 0 amide bonds. The molecule has 0 radical (unpaired) electrons. The van der Waals surface area contributed by atoms with Crippen molar-refractivity contribution < 1.29 is 0 Å². The average molecular weight is 271 g/mol. The fraction of sp³-hybridized carbons (Fsp3) is 0.444. The summed E-state index contributed by atoms with van der Waals surface area (Å²) in [6.07, 6.45) is 5.32. The molecular weight excluding hydrogens is 252 g/mol. The van der Waals surface area contributed by atoms with E-state index in [0.29, 0.717) is 5.38 Å². The van der Waals surface area contributed by atoms with Crippen molar-refractivity contribution in [3.05, 3.63) is 48.0 Å². The predicted molar refractivity (Wildman–Crippen MR) is 81.6 cm³/mol. The van der Waals surface area contributed by atoms with Gasteiger partial charge < -0.3 is 0 Å². The number of hydrogen-bond acceptors (Lipinski definition) is 0. The van der Waals surface area contributed by atoms with Gasteiger partial charge in [0, 0.05) is 5.38 Å². The van der Waals surface area contributed by atoms with Gasteiger partial charge in [0.1, 0.15) is 0 Å². The Morgan fingerprint density at radius 1 is 1.00 bits per heavy atom. The fourth-order valence-electron chi connectivity index (χ4n) is 4.14. The second kappa shape index (κ2) is 4.52. The number of fused-ring (bicyclic) bond motifs is 2. The van der Waals surface area contributed by atoms with E-state index < -0.39 is 0 Å². The van der Waals surface area contributed by atoms with E-state index in [1.807, 2.05) is 0 Å². The first kappa shape index (κ1) is 11.8. The number of alkyl halides is 1. The van der Waals surface area contributed by atoms with Crippen molar-refractivity contribution in [1.29, 1.82) is 0 Å². The maximum Gasteiger partial charge on any atom is 0.0410 e. The van der Waals surface area contributed by atoms with Gasteiger partial charge >= 0.3 is 0 Å². The zero-order valence-corrected chi connectivity index (χ0v) is 11.8. The molecule has 0 heterocycles. The van der Waals surface area contributed by atoms with E-state index in [1.165, 1.54) is 35.6 Å². The molecule has 2 saturated carbocycles. The van der Waals surface area contributed by atoms with Crippen molar-refractivity contribution in [3.63, 3.8) is 0 Å². The largest absolute Gasteiger partial charge is 0.122 e. The normalized spacial score (nSPS) is 30.3. The quantitative estimate of drug-likeness (QED) is 0.686. The zero-order valence-electron chi connectivity index (χ0n) is 11.1. The molecule has 0 spiro atoms. The third-order valence-electron chi connectivity index (χ3n) is 5.13. The third kappa shape index (κ3) is 2.07. The molecule has 98 valence electrons. The highest BCUT2D eigenvalue weighted by Gasteiger charge is 2.55. The van der Waals surface area contributed by atoms with Crippen LogP contribution in [0.3, 0.4) is 0 Å². The molecule has 4 rings (SSSR count). The van der Waals surface area contributed by atoms with E-state index in [2.05, 4.69) is 42.5 Å². The summed E-state index contributed by atoms with van der Waals surface area (Å²) < 4.78 is 0. The van der Waals surface area contributed by atoms with Crippen LogP contribution in [0.5, 0.6) is 0 Å². The molecule has 19 heavy (non-hydrogen) atoms. The average Bonchev–Trinajstić information content (AvgIpc) is 2.93. The molecule has 0 aromatic heterocycles. The van der Waals surface area contributed by atoms with Gasteiger partial charge in [0.05, 0.1) is 0 Å². The minimum atomic E-state index is 0.344. The van der Waals surface area contributed by atoms with Crippen LogP contribution in [0, 0.1) is 17.8 Å². The van der Waals surface area contributed by atoms with E-state index in [4.69, 9.17) is 11.6 Å². The van der Waals surface area contributed by atoms with Crippen LogP contribution in [-0.4, -0.2) is 5.38 Å². The van der Waals surface area contributed by atoms with Gasteiger partial charge in [-0.3, -0.25) is 0 Å². The van der Waals surface area contributed by atoms with Crippen molar-refractivity contribution in [2.45, 2.75) is 31.1 Å². The number of hydrogen-bond donors (Lipinski definition) is 0. The molecule has 2 aromatic rings. The molecule has 2 aromatic carbocycles. The Morgan fingerprint density at radius 2 is 1.74 bits per heavy atom. The molecule has 0 aliphatic heterocycles. The standard InChI is InChI=1S/C18H19Cl/c19-17(18-15-6-3-7-16(15)18)11-12-8-9-13-4-1-2-5-14(13)10-12/h1-2,4-5,8-10,15-18H,3,6-7,11H2. The first-order valence-corrected chi connectivity index (χ1v) is 7.88. The summed E-state index contributed by atoms with van der Waals surface area (Å²) in [5, 5.41) is 3.00. The first-order valence-electron chi connectivity index (χ1n) is 7.45. The van der Waals surface area contributed by atoms with Gasteiger partial charge in [0.25, 0.3) is 0 Å². The Hall–Kier alpha value is -1.01. The Balaban J connectivity index is 1.51. The van der Waals surface area contributed by atoms with Gasteiger partial charge in [-0.05, 0) is 53.4 Å². The SMILES string of the molecule is ClC(Cc1ccc2ccccc2c1)C1C2CCCC21. The topological polar surface area (TPSA) is 0 Å². The lowest BCUT2D eigenvalue weighted by Gasteiger charge is -2.12. The predicted octanol–water partition coefficient (Wildman–Crippen LogP) is 5.04. The van der Waals surface area contributed by atoms with Crippen molar-refractivity contribution >= 4 is 22.4 Å². The summed E-state index contributed by atoms with van der Waals surface area (Å²) in [5.41, 5.74) is 1.39. The molecule has 0 bridgehead atoms. The second-order valence-electron chi connectivity index (χ2n) is 6.24. The minimum Gasteiger partial charge on any atom is -0.122 e. The lowest BCUT2D eigenvalue weighted by Crippen LogP contribution is -2.09. The molecule has 2 fully saturated rings. The Bertz CT molecular complexity index is 593. The van der Waals surface area contributed by atoms with Crippen LogP contribution < -0.4 is 0 Å². The summed E-state index contributed by atoms with van der Waals surface area (Å²) in [5.74, 6) is 2.73. The van der Waals surface area contributed by atoms with Gasteiger partial charge in [0.2, 0.25) is 0 Å². The molecule has 3 unspecified atom stereocenters. The summed E-state index contributed by atoms with van der Waals surface area (Å²) in [6.45, 7) is 0. The highest BCUT2D eigenvalue weighted by Crippen LogP contribution is 2.60. The Kier molecular flexibility index (Phi) is 2.81. The molecule has 0 saturated heterocycles.